The molecule has 0 N–H and O–H groups in total. The van der Waals surface area contributed by atoms with Crippen molar-refractivity contribution in [2.45, 2.75) is 46.6 Å². The predicted octanol–water partition coefficient (Wildman–Crippen LogP) is 3.49. The van der Waals surface area contributed by atoms with Crippen LogP contribution in [0.1, 0.15) is 50.4 Å². The van der Waals surface area contributed by atoms with Gasteiger partial charge in [-0.05, 0) is 26.7 Å². The van der Waals surface area contributed by atoms with Crippen molar-refractivity contribution in [1.29, 1.82) is 0 Å². The SMILES string of the molecule is CCOC(CC)c1nc(C)c(CC)c(Cl)n1. The fraction of sp³-hybridized carbons (Fsp3) is 0.667. The van der Waals surface area contributed by atoms with E-state index in [4.69, 9.17) is 16.3 Å². The minimum atomic E-state index is -0.0490. The second-order valence-corrected chi connectivity index (χ2v) is 4.00. The molecule has 3 nitrogen and oxygen atoms in total. The first kappa shape index (κ1) is 13.4. The molecule has 0 aliphatic heterocycles. The largest absolute Gasteiger partial charge is 0.371 e. The summed E-state index contributed by atoms with van der Waals surface area (Å²) in [4.78, 5) is 8.80. The van der Waals surface area contributed by atoms with E-state index >= 15 is 0 Å². The maximum Gasteiger partial charge on any atom is 0.159 e. The van der Waals surface area contributed by atoms with Crippen molar-refractivity contribution in [1.82, 2.24) is 9.97 Å². The Labute approximate surface area is 102 Å². The number of nitrogens with zero attached hydrogens (tertiary/aromatic N) is 2. The van der Waals surface area contributed by atoms with E-state index in [1.54, 1.807) is 0 Å². The highest BCUT2D eigenvalue weighted by molar-refractivity contribution is 6.30. The van der Waals surface area contributed by atoms with Crippen LogP contribution in [0, 0.1) is 6.92 Å². The number of ether oxygens (including phenoxy) is 1. The van der Waals surface area contributed by atoms with Gasteiger partial charge in [-0.15, -0.1) is 0 Å². The van der Waals surface area contributed by atoms with Gasteiger partial charge in [-0.2, -0.15) is 0 Å². The van der Waals surface area contributed by atoms with Crippen molar-refractivity contribution >= 4 is 11.6 Å². The van der Waals surface area contributed by atoms with Crippen molar-refractivity contribution in [3.8, 4) is 0 Å². The first-order valence-electron chi connectivity index (χ1n) is 5.78. The summed E-state index contributed by atoms with van der Waals surface area (Å²) in [6.07, 6.45) is 1.66. The zero-order valence-corrected chi connectivity index (χ0v) is 11.1. The average Bonchev–Trinajstić information content (AvgIpc) is 2.25. The van der Waals surface area contributed by atoms with Gasteiger partial charge < -0.3 is 4.74 Å². The van der Waals surface area contributed by atoms with Gasteiger partial charge in [0, 0.05) is 17.9 Å². The minimum Gasteiger partial charge on any atom is -0.371 e. The van der Waals surface area contributed by atoms with Crippen molar-refractivity contribution in [2.75, 3.05) is 6.61 Å². The standard InChI is InChI=1S/C12H19ClN2O/c1-5-9-8(4)14-12(15-11(9)13)10(6-2)16-7-3/h10H,5-7H2,1-4H3. The van der Waals surface area contributed by atoms with E-state index in [0.717, 1.165) is 24.1 Å². The van der Waals surface area contributed by atoms with Crippen LogP contribution in [-0.2, 0) is 11.2 Å². The van der Waals surface area contributed by atoms with Crippen molar-refractivity contribution in [2.24, 2.45) is 0 Å². The normalized spacial score (nSPS) is 12.8. The van der Waals surface area contributed by atoms with E-state index in [9.17, 15) is 0 Å². The number of aromatic nitrogens is 2. The van der Waals surface area contributed by atoms with Gasteiger partial charge in [0.2, 0.25) is 0 Å². The average molecular weight is 243 g/mol. The van der Waals surface area contributed by atoms with Gasteiger partial charge in [-0.1, -0.05) is 25.4 Å². The van der Waals surface area contributed by atoms with E-state index in [1.807, 2.05) is 13.8 Å². The molecule has 1 aromatic rings. The number of rotatable bonds is 5. The highest BCUT2D eigenvalue weighted by Gasteiger charge is 2.16. The molecule has 0 amide bonds. The summed E-state index contributed by atoms with van der Waals surface area (Å²) in [6.45, 7) is 8.71. The van der Waals surface area contributed by atoms with Crippen LogP contribution in [0.15, 0.2) is 0 Å². The van der Waals surface area contributed by atoms with E-state index in [0.29, 0.717) is 17.6 Å². The van der Waals surface area contributed by atoms with Crippen LogP contribution in [0.3, 0.4) is 0 Å². The monoisotopic (exact) mass is 242 g/mol. The molecular formula is C12H19ClN2O. The third kappa shape index (κ3) is 2.92. The Morgan fingerprint density at radius 1 is 1.25 bits per heavy atom. The summed E-state index contributed by atoms with van der Waals surface area (Å²) < 4.78 is 5.58. The van der Waals surface area contributed by atoms with Crippen LogP contribution in [0.5, 0.6) is 0 Å². The third-order valence-electron chi connectivity index (χ3n) is 2.56. The molecule has 1 rings (SSSR count). The molecule has 0 saturated heterocycles. The van der Waals surface area contributed by atoms with Crippen LogP contribution < -0.4 is 0 Å². The van der Waals surface area contributed by atoms with Gasteiger partial charge in [0.05, 0.1) is 0 Å². The summed E-state index contributed by atoms with van der Waals surface area (Å²) in [5.41, 5.74) is 1.98. The van der Waals surface area contributed by atoms with Crippen LogP contribution >= 0.6 is 11.6 Å². The first-order valence-corrected chi connectivity index (χ1v) is 6.16. The summed E-state index contributed by atoms with van der Waals surface area (Å²) in [7, 11) is 0. The molecule has 4 heteroatoms. The van der Waals surface area contributed by atoms with Crippen LogP contribution in [0.25, 0.3) is 0 Å². The van der Waals surface area contributed by atoms with Crippen molar-refractivity contribution < 1.29 is 4.74 Å². The molecule has 1 atom stereocenters. The molecule has 0 bridgehead atoms. The fourth-order valence-electron chi connectivity index (χ4n) is 1.70. The van der Waals surface area contributed by atoms with E-state index in [-0.39, 0.29) is 6.10 Å². The summed E-state index contributed by atoms with van der Waals surface area (Å²) in [5, 5.41) is 0.558. The second-order valence-electron chi connectivity index (χ2n) is 3.64. The van der Waals surface area contributed by atoms with Crippen molar-refractivity contribution in [3.05, 3.63) is 22.2 Å². The molecule has 1 aromatic heterocycles. The molecule has 0 aromatic carbocycles. The molecule has 0 aliphatic rings. The maximum absolute atomic E-state index is 6.13. The van der Waals surface area contributed by atoms with Crippen molar-refractivity contribution in [3.63, 3.8) is 0 Å². The maximum atomic E-state index is 6.13. The number of hydrogen-bond acceptors (Lipinski definition) is 3. The highest BCUT2D eigenvalue weighted by Crippen LogP contribution is 2.23. The van der Waals surface area contributed by atoms with Gasteiger partial charge in [0.15, 0.2) is 5.82 Å². The Morgan fingerprint density at radius 2 is 1.94 bits per heavy atom. The summed E-state index contributed by atoms with van der Waals surface area (Å²) in [6, 6.07) is 0. The molecule has 16 heavy (non-hydrogen) atoms. The lowest BCUT2D eigenvalue weighted by molar-refractivity contribution is 0.0533. The van der Waals surface area contributed by atoms with Crippen LogP contribution in [-0.4, -0.2) is 16.6 Å². The molecule has 0 spiro atoms. The lowest BCUT2D eigenvalue weighted by atomic mass is 10.2. The Bertz CT molecular complexity index is 332. The Balaban J connectivity index is 3.06. The van der Waals surface area contributed by atoms with Crippen LogP contribution in [0.4, 0.5) is 0 Å². The lowest BCUT2D eigenvalue weighted by Crippen LogP contribution is -2.10. The predicted molar refractivity (Wildman–Crippen MR) is 65.8 cm³/mol. The Kier molecular flexibility index (Phi) is 5.16. The highest BCUT2D eigenvalue weighted by atomic mass is 35.5. The smallest absolute Gasteiger partial charge is 0.159 e. The van der Waals surface area contributed by atoms with E-state index in [1.165, 1.54) is 0 Å². The zero-order chi connectivity index (χ0) is 12.1. The fourth-order valence-corrected chi connectivity index (χ4v) is 2.06. The van der Waals surface area contributed by atoms with E-state index < -0.39 is 0 Å². The summed E-state index contributed by atoms with van der Waals surface area (Å²) in [5.74, 6) is 0.698. The second kappa shape index (κ2) is 6.16. The topological polar surface area (TPSA) is 35.0 Å². The molecule has 0 fully saturated rings. The molecule has 0 aliphatic carbocycles. The summed E-state index contributed by atoms with van der Waals surface area (Å²) >= 11 is 6.13. The molecule has 0 radical (unpaired) electrons. The molecule has 1 heterocycles. The van der Waals surface area contributed by atoms with Crippen LogP contribution in [0.2, 0.25) is 5.15 Å². The molecular weight excluding hydrogens is 224 g/mol. The molecule has 0 saturated carbocycles. The van der Waals surface area contributed by atoms with E-state index in [2.05, 4.69) is 23.8 Å². The number of aryl methyl sites for hydroxylation is 1. The van der Waals surface area contributed by atoms with Gasteiger partial charge in [0.1, 0.15) is 11.3 Å². The Morgan fingerprint density at radius 3 is 2.38 bits per heavy atom. The lowest BCUT2D eigenvalue weighted by Gasteiger charge is -2.15. The number of halogens is 1. The Hall–Kier alpha value is -0.670. The molecule has 90 valence electrons. The third-order valence-corrected chi connectivity index (χ3v) is 2.87. The van der Waals surface area contributed by atoms with Gasteiger partial charge in [0.25, 0.3) is 0 Å². The van der Waals surface area contributed by atoms with Gasteiger partial charge in [-0.25, -0.2) is 9.97 Å². The zero-order valence-electron chi connectivity index (χ0n) is 10.4. The van der Waals surface area contributed by atoms with Gasteiger partial charge in [-0.3, -0.25) is 0 Å². The number of hydrogen-bond donors (Lipinski definition) is 0. The molecule has 1 unspecified atom stereocenters. The van der Waals surface area contributed by atoms with Gasteiger partial charge >= 0.3 is 0 Å². The minimum absolute atomic E-state index is 0.0490. The first-order chi connectivity index (χ1) is 7.63. The quantitative estimate of drug-likeness (QED) is 0.742.